The van der Waals surface area contributed by atoms with E-state index in [1.165, 1.54) is 18.4 Å². The highest BCUT2D eigenvalue weighted by Crippen LogP contribution is 2.31. The molecule has 1 aromatic rings. The van der Waals surface area contributed by atoms with E-state index in [-0.39, 0.29) is 0 Å². The van der Waals surface area contributed by atoms with Crippen molar-refractivity contribution >= 4 is 27.3 Å². The molecule has 20 heavy (non-hydrogen) atoms. The number of sulfonamides is 1. The maximum atomic E-state index is 12.3. The molecule has 1 saturated carbocycles. The van der Waals surface area contributed by atoms with E-state index in [4.69, 9.17) is 0 Å². The fourth-order valence-electron chi connectivity index (χ4n) is 2.50. The topological polar surface area (TPSA) is 85.4 Å². The Kier molecular flexibility index (Phi) is 5.11. The summed E-state index contributed by atoms with van der Waals surface area (Å²) in [6, 6.07) is 0. The third kappa shape index (κ3) is 3.56. The van der Waals surface area contributed by atoms with Crippen molar-refractivity contribution in [2.75, 3.05) is 13.7 Å². The minimum absolute atomic E-state index is 0.306. The number of aromatic nitrogens is 1. The van der Waals surface area contributed by atoms with Crippen LogP contribution in [0.2, 0.25) is 0 Å². The van der Waals surface area contributed by atoms with Crippen LogP contribution < -0.4 is 4.72 Å². The quantitative estimate of drug-likeness (QED) is 0.789. The summed E-state index contributed by atoms with van der Waals surface area (Å²) < 4.78 is 31.8. The van der Waals surface area contributed by atoms with Crippen LogP contribution in [0.25, 0.3) is 0 Å². The lowest BCUT2D eigenvalue weighted by molar-refractivity contribution is -0.145. The predicted molar refractivity (Wildman–Crippen MR) is 75.9 cm³/mol. The van der Waals surface area contributed by atoms with Gasteiger partial charge in [-0.05, 0) is 12.8 Å². The van der Waals surface area contributed by atoms with Gasteiger partial charge in [-0.25, -0.2) is 18.1 Å². The number of hydrogen-bond donors (Lipinski definition) is 1. The molecule has 0 amide bonds. The van der Waals surface area contributed by atoms with Gasteiger partial charge in [-0.1, -0.05) is 6.42 Å². The van der Waals surface area contributed by atoms with Gasteiger partial charge in [0, 0.05) is 24.5 Å². The van der Waals surface area contributed by atoms with Crippen molar-refractivity contribution in [3.63, 3.8) is 0 Å². The molecule has 0 aromatic carbocycles. The molecule has 0 radical (unpaired) electrons. The zero-order chi connectivity index (χ0) is 14.6. The van der Waals surface area contributed by atoms with Gasteiger partial charge in [-0.3, -0.25) is 4.79 Å². The SMILES string of the molecule is COC(=O)C1CCCC1S(=O)(=O)NCCc1nccs1. The summed E-state index contributed by atoms with van der Waals surface area (Å²) in [5, 5.41) is 2.07. The Balaban J connectivity index is 1.93. The lowest BCUT2D eigenvalue weighted by atomic mass is 10.1. The first kappa shape index (κ1) is 15.4. The first-order valence-corrected chi connectivity index (χ1v) is 8.92. The fraction of sp³-hybridized carbons (Fsp3) is 0.667. The highest BCUT2D eigenvalue weighted by atomic mass is 32.2. The van der Waals surface area contributed by atoms with Gasteiger partial charge in [0.1, 0.15) is 0 Å². The van der Waals surface area contributed by atoms with Crippen LogP contribution in [0.3, 0.4) is 0 Å². The highest BCUT2D eigenvalue weighted by Gasteiger charge is 2.41. The summed E-state index contributed by atoms with van der Waals surface area (Å²) in [5.41, 5.74) is 0. The van der Waals surface area contributed by atoms with Crippen LogP contribution in [-0.2, 0) is 26.0 Å². The molecule has 2 unspecified atom stereocenters. The number of carbonyl (C=O) groups excluding carboxylic acids is 1. The third-order valence-corrected chi connectivity index (χ3v) is 6.29. The third-order valence-electron chi connectivity index (χ3n) is 3.48. The average Bonchev–Trinajstić information content (AvgIpc) is 3.08. The average molecular weight is 318 g/mol. The van der Waals surface area contributed by atoms with Gasteiger partial charge >= 0.3 is 5.97 Å². The van der Waals surface area contributed by atoms with Crippen molar-refractivity contribution in [3.8, 4) is 0 Å². The zero-order valence-corrected chi connectivity index (χ0v) is 12.9. The normalized spacial score (nSPS) is 22.9. The molecule has 1 fully saturated rings. The van der Waals surface area contributed by atoms with Gasteiger partial charge in [0.05, 0.1) is 23.3 Å². The summed E-state index contributed by atoms with van der Waals surface area (Å²) in [7, 11) is -2.20. The Bertz CT molecular complexity index is 542. The van der Waals surface area contributed by atoms with Crippen molar-refractivity contribution in [2.24, 2.45) is 5.92 Å². The van der Waals surface area contributed by atoms with Crippen LogP contribution in [0.4, 0.5) is 0 Å². The minimum Gasteiger partial charge on any atom is -0.469 e. The largest absolute Gasteiger partial charge is 0.469 e. The molecule has 1 aromatic heterocycles. The molecule has 112 valence electrons. The zero-order valence-electron chi connectivity index (χ0n) is 11.2. The molecule has 6 nitrogen and oxygen atoms in total. The second kappa shape index (κ2) is 6.64. The van der Waals surface area contributed by atoms with E-state index in [9.17, 15) is 13.2 Å². The molecular formula is C12H18N2O4S2. The number of esters is 1. The summed E-state index contributed by atoms with van der Waals surface area (Å²) >= 11 is 1.49. The second-order valence-electron chi connectivity index (χ2n) is 4.71. The molecule has 0 aliphatic heterocycles. The van der Waals surface area contributed by atoms with Gasteiger partial charge in [-0.15, -0.1) is 11.3 Å². The Labute approximate surface area is 122 Å². The molecule has 1 heterocycles. The first-order chi connectivity index (χ1) is 9.54. The Morgan fingerprint density at radius 2 is 2.35 bits per heavy atom. The van der Waals surface area contributed by atoms with Gasteiger partial charge < -0.3 is 4.74 Å². The Hall–Kier alpha value is -0.990. The molecule has 0 saturated heterocycles. The van der Waals surface area contributed by atoms with Crippen molar-refractivity contribution < 1.29 is 17.9 Å². The van der Waals surface area contributed by atoms with E-state index in [1.54, 1.807) is 6.20 Å². The van der Waals surface area contributed by atoms with Gasteiger partial charge in [-0.2, -0.15) is 0 Å². The Morgan fingerprint density at radius 3 is 3.00 bits per heavy atom. The number of carbonyl (C=O) groups is 1. The van der Waals surface area contributed by atoms with E-state index < -0.39 is 27.2 Å². The van der Waals surface area contributed by atoms with Crippen LogP contribution in [0.1, 0.15) is 24.3 Å². The fourth-order valence-corrected chi connectivity index (χ4v) is 4.88. The summed E-state index contributed by atoms with van der Waals surface area (Å²) in [6.07, 6.45) is 4.07. The number of nitrogens with zero attached hydrogens (tertiary/aromatic N) is 1. The minimum atomic E-state index is -3.49. The molecule has 2 atom stereocenters. The van der Waals surface area contributed by atoms with Crippen LogP contribution >= 0.6 is 11.3 Å². The Morgan fingerprint density at radius 1 is 1.55 bits per heavy atom. The second-order valence-corrected chi connectivity index (χ2v) is 7.68. The van der Waals surface area contributed by atoms with Crippen molar-refractivity contribution in [1.82, 2.24) is 9.71 Å². The maximum absolute atomic E-state index is 12.3. The number of methoxy groups -OCH3 is 1. The molecule has 1 aliphatic carbocycles. The maximum Gasteiger partial charge on any atom is 0.310 e. The molecule has 0 bridgehead atoms. The van der Waals surface area contributed by atoms with E-state index in [0.29, 0.717) is 25.8 Å². The lowest BCUT2D eigenvalue weighted by Gasteiger charge is -2.18. The van der Waals surface area contributed by atoms with Crippen molar-refractivity contribution in [3.05, 3.63) is 16.6 Å². The van der Waals surface area contributed by atoms with Crippen LogP contribution in [-0.4, -0.2) is 38.3 Å². The van der Waals surface area contributed by atoms with E-state index >= 15 is 0 Å². The molecule has 2 rings (SSSR count). The van der Waals surface area contributed by atoms with E-state index in [0.717, 1.165) is 11.4 Å². The number of nitrogens with one attached hydrogen (secondary N) is 1. The van der Waals surface area contributed by atoms with Gasteiger partial charge in [0.15, 0.2) is 0 Å². The molecule has 1 N–H and O–H groups in total. The van der Waals surface area contributed by atoms with Gasteiger partial charge in [0.25, 0.3) is 0 Å². The number of thiazole rings is 1. The van der Waals surface area contributed by atoms with E-state index in [2.05, 4.69) is 14.4 Å². The first-order valence-electron chi connectivity index (χ1n) is 6.49. The monoisotopic (exact) mass is 318 g/mol. The predicted octanol–water partition coefficient (Wildman–Crippen LogP) is 0.947. The summed E-state index contributed by atoms with van der Waals surface area (Å²) in [5.74, 6) is -0.977. The van der Waals surface area contributed by atoms with Crippen molar-refractivity contribution in [2.45, 2.75) is 30.9 Å². The van der Waals surface area contributed by atoms with Crippen LogP contribution in [0.15, 0.2) is 11.6 Å². The van der Waals surface area contributed by atoms with Crippen LogP contribution in [0.5, 0.6) is 0 Å². The number of hydrogen-bond acceptors (Lipinski definition) is 6. The highest BCUT2D eigenvalue weighted by molar-refractivity contribution is 7.90. The van der Waals surface area contributed by atoms with E-state index in [1.807, 2.05) is 5.38 Å². The van der Waals surface area contributed by atoms with Crippen LogP contribution in [0, 0.1) is 5.92 Å². The van der Waals surface area contributed by atoms with Crippen molar-refractivity contribution in [1.29, 1.82) is 0 Å². The number of ether oxygens (including phenoxy) is 1. The standard InChI is InChI=1S/C12H18N2O4S2/c1-18-12(15)9-3-2-4-10(9)20(16,17)14-6-5-11-13-7-8-19-11/h7-10,14H,2-6H2,1H3. The summed E-state index contributed by atoms with van der Waals surface area (Å²) in [6.45, 7) is 0.306. The molecular weight excluding hydrogens is 300 g/mol. The molecule has 0 spiro atoms. The number of rotatable bonds is 6. The molecule has 8 heteroatoms. The lowest BCUT2D eigenvalue weighted by Crippen LogP contribution is -2.40. The smallest absolute Gasteiger partial charge is 0.310 e. The molecule has 1 aliphatic rings. The summed E-state index contributed by atoms with van der Waals surface area (Å²) in [4.78, 5) is 15.7. The van der Waals surface area contributed by atoms with Gasteiger partial charge in [0.2, 0.25) is 10.0 Å².